The van der Waals surface area contributed by atoms with Gasteiger partial charge in [-0.25, -0.2) is 4.79 Å². The zero-order valence-electron chi connectivity index (χ0n) is 16.0. The van der Waals surface area contributed by atoms with Gasteiger partial charge >= 0.3 is 5.97 Å². The van der Waals surface area contributed by atoms with E-state index >= 15 is 0 Å². The zero-order chi connectivity index (χ0) is 21.4. The molecule has 0 fully saturated rings. The van der Waals surface area contributed by atoms with Gasteiger partial charge in [0, 0.05) is 18.3 Å². The summed E-state index contributed by atoms with van der Waals surface area (Å²) in [5.41, 5.74) is 1.39. The minimum atomic E-state index is -0.835. The molecule has 0 aliphatic heterocycles. The average Bonchev–Trinajstić information content (AvgIpc) is 2.72. The average molecular weight is 413 g/mol. The molecule has 2 rings (SSSR count). The highest BCUT2D eigenvalue weighted by molar-refractivity contribution is 7.98. The van der Waals surface area contributed by atoms with Crippen LogP contribution in [-0.4, -0.2) is 36.2 Å². The van der Waals surface area contributed by atoms with Crippen LogP contribution in [0.2, 0.25) is 0 Å². The number of hydrogen-bond acceptors (Lipinski definition) is 7. The molecule has 0 aliphatic carbocycles. The van der Waals surface area contributed by atoms with Crippen molar-refractivity contribution in [3.8, 4) is 6.07 Å². The molecular formula is C20H19N3O5S. The van der Waals surface area contributed by atoms with E-state index in [0.717, 1.165) is 11.6 Å². The molecule has 0 aromatic heterocycles. The third-order valence-electron chi connectivity index (χ3n) is 4.03. The van der Waals surface area contributed by atoms with Gasteiger partial charge in [0.1, 0.15) is 0 Å². The number of carbonyl (C=O) groups excluding carboxylic acids is 2. The Kier molecular flexibility index (Phi) is 7.74. The van der Waals surface area contributed by atoms with Crippen LogP contribution in [0.1, 0.15) is 22.3 Å². The van der Waals surface area contributed by atoms with Gasteiger partial charge < -0.3 is 9.64 Å². The van der Waals surface area contributed by atoms with Gasteiger partial charge in [-0.3, -0.25) is 14.9 Å². The topological polar surface area (TPSA) is 114 Å². The summed E-state index contributed by atoms with van der Waals surface area (Å²) in [6.07, 6.45) is 1.82. The number of benzene rings is 2. The fourth-order valence-electron chi connectivity index (χ4n) is 2.53. The third kappa shape index (κ3) is 5.80. The number of nitro groups is 1. The van der Waals surface area contributed by atoms with Gasteiger partial charge in [-0.2, -0.15) is 5.26 Å². The van der Waals surface area contributed by atoms with Crippen molar-refractivity contribution < 1.29 is 19.2 Å². The second kappa shape index (κ2) is 10.2. The van der Waals surface area contributed by atoms with Crippen LogP contribution in [0.15, 0.2) is 47.4 Å². The molecule has 0 N–H and O–H groups in total. The van der Waals surface area contributed by atoms with Crippen LogP contribution in [0, 0.1) is 28.4 Å². The number of esters is 1. The van der Waals surface area contributed by atoms with Gasteiger partial charge in [0.25, 0.3) is 11.6 Å². The first kappa shape index (κ1) is 21.9. The number of anilines is 1. The lowest BCUT2D eigenvalue weighted by Gasteiger charge is -2.21. The summed E-state index contributed by atoms with van der Waals surface area (Å²) in [6.45, 7) is 1.52. The van der Waals surface area contributed by atoms with E-state index in [9.17, 15) is 19.7 Å². The lowest BCUT2D eigenvalue weighted by atomic mass is 10.2. The van der Waals surface area contributed by atoms with Crippen molar-refractivity contribution in [2.24, 2.45) is 0 Å². The first-order valence-corrected chi connectivity index (χ1v) is 9.83. The van der Waals surface area contributed by atoms with E-state index < -0.39 is 23.4 Å². The summed E-state index contributed by atoms with van der Waals surface area (Å²) in [5.74, 6) is -1.33. The largest absolute Gasteiger partial charge is 0.452 e. The van der Waals surface area contributed by atoms with E-state index in [1.807, 2.05) is 25.1 Å². The molecule has 150 valence electrons. The monoisotopic (exact) mass is 413 g/mol. The van der Waals surface area contributed by atoms with Gasteiger partial charge in [-0.05, 0) is 37.4 Å². The van der Waals surface area contributed by atoms with Crippen LogP contribution in [-0.2, 0) is 9.53 Å². The summed E-state index contributed by atoms with van der Waals surface area (Å²) < 4.78 is 5.06. The van der Waals surface area contributed by atoms with Crippen molar-refractivity contribution in [1.29, 1.82) is 5.26 Å². The second-order valence-corrected chi connectivity index (χ2v) is 6.86. The fraction of sp³-hybridized carbons (Fsp3) is 0.250. The minimum Gasteiger partial charge on any atom is -0.452 e. The van der Waals surface area contributed by atoms with E-state index in [1.165, 1.54) is 28.8 Å². The molecule has 0 heterocycles. The Balaban J connectivity index is 2.11. The molecule has 0 saturated carbocycles. The van der Waals surface area contributed by atoms with Crippen molar-refractivity contribution in [3.05, 3.63) is 63.7 Å². The molecular weight excluding hydrogens is 394 g/mol. The summed E-state index contributed by atoms with van der Waals surface area (Å²) >= 11 is 1.19. The number of nitro benzene ring substituents is 1. The van der Waals surface area contributed by atoms with Gasteiger partial charge in [0.2, 0.25) is 0 Å². The highest BCUT2D eigenvalue weighted by atomic mass is 32.2. The fourth-order valence-corrected chi connectivity index (χ4v) is 3.08. The summed E-state index contributed by atoms with van der Waals surface area (Å²) in [5, 5.41) is 20.0. The first-order valence-electron chi connectivity index (χ1n) is 8.61. The summed E-state index contributed by atoms with van der Waals surface area (Å²) in [7, 11) is 0. The summed E-state index contributed by atoms with van der Waals surface area (Å²) in [4.78, 5) is 37.2. The Morgan fingerprint density at radius 3 is 2.52 bits per heavy atom. The number of ether oxygens (including phenoxy) is 1. The minimum absolute atomic E-state index is 0.0128. The Bertz CT molecular complexity index is 954. The Morgan fingerprint density at radius 2 is 1.93 bits per heavy atom. The van der Waals surface area contributed by atoms with E-state index in [1.54, 1.807) is 18.4 Å². The van der Waals surface area contributed by atoms with Crippen molar-refractivity contribution in [1.82, 2.24) is 0 Å². The van der Waals surface area contributed by atoms with E-state index in [4.69, 9.17) is 10.00 Å². The van der Waals surface area contributed by atoms with Crippen molar-refractivity contribution in [3.63, 3.8) is 0 Å². The first-order chi connectivity index (χ1) is 13.9. The van der Waals surface area contributed by atoms with Crippen molar-refractivity contribution in [2.45, 2.75) is 18.2 Å². The van der Waals surface area contributed by atoms with Crippen LogP contribution in [0.3, 0.4) is 0 Å². The molecule has 0 atom stereocenters. The third-order valence-corrected chi connectivity index (χ3v) is 4.82. The molecule has 2 aromatic carbocycles. The van der Waals surface area contributed by atoms with Crippen LogP contribution in [0.5, 0.6) is 0 Å². The van der Waals surface area contributed by atoms with Crippen LogP contribution in [0.25, 0.3) is 0 Å². The highest BCUT2D eigenvalue weighted by Crippen LogP contribution is 2.28. The maximum Gasteiger partial charge on any atom is 0.338 e. The predicted molar refractivity (Wildman–Crippen MR) is 109 cm³/mol. The molecule has 0 spiro atoms. The molecule has 0 radical (unpaired) electrons. The van der Waals surface area contributed by atoms with Crippen LogP contribution >= 0.6 is 11.8 Å². The van der Waals surface area contributed by atoms with Gasteiger partial charge in [-0.1, -0.05) is 17.7 Å². The molecule has 0 saturated heterocycles. The number of amides is 1. The number of nitrogens with zero attached hydrogens (tertiary/aromatic N) is 3. The Morgan fingerprint density at radius 1 is 1.24 bits per heavy atom. The highest BCUT2D eigenvalue weighted by Gasteiger charge is 2.21. The molecule has 0 bridgehead atoms. The molecule has 1 amide bonds. The number of thioether (sulfide) groups is 1. The van der Waals surface area contributed by atoms with E-state index in [-0.39, 0.29) is 24.2 Å². The quantitative estimate of drug-likeness (QED) is 0.280. The Hall–Kier alpha value is -3.38. The van der Waals surface area contributed by atoms with E-state index in [0.29, 0.717) is 10.6 Å². The molecule has 2 aromatic rings. The number of rotatable bonds is 8. The van der Waals surface area contributed by atoms with Crippen LogP contribution in [0.4, 0.5) is 11.4 Å². The smallest absolute Gasteiger partial charge is 0.338 e. The summed E-state index contributed by atoms with van der Waals surface area (Å²) in [6, 6.07) is 13.2. The van der Waals surface area contributed by atoms with Crippen molar-refractivity contribution >= 4 is 35.0 Å². The lowest BCUT2D eigenvalue weighted by Crippen LogP contribution is -2.35. The number of carbonyl (C=O) groups is 2. The van der Waals surface area contributed by atoms with Gasteiger partial charge in [0.15, 0.2) is 6.61 Å². The second-order valence-electron chi connectivity index (χ2n) is 6.01. The number of nitriles is 1. The molecule has 29 heavy (non-hydrogen) atoms. The lowest BCUT2D eigenvalue weighted by molar-refractivity contribution is -0.387. The maximum absolute atomic E-state index is 12.6. The molecule has 0 unspecified atom stereocenters. The normalized spacial score (nSPS) is 10.1. The maximum atomic E-state index is 12.6. The molecule has 8 nitrogen and oxygen atoms in total. The number of aryl methyl sites for hydroxylation is 1. The molecule has 0 aliphatic rings. The molecule has 9 heteroatoms. The van der Waals surface area contributed by atoms with E-state index in [2.05, 4.69) is 0 Å². The number of hydrogen-bond donors (Lipinski definition) is 0. The van der Waals surface area contributed by atoms with Crippen LogP contribution < -0.4 is 4.90 Å². The van der Waals surface area contributed by atoms with Gasteiger partial charge in [-0.15, -0.1) is 11.8 Å². The Labute approximate surface area is 172 Å². The van der Waals surface area contributed by atoms with Gasteiger partial charge in [0.05, 0.1) is 27.9 Å². The SMILES string of the molecule is CSc1ccc(C(=O)OCC(=O)N(CCC#N)c2ccc(C)cc2)cc1[N+](=O)[O-]. The predicted octanol–water partition coefficient (Wildman–Crippen LogP) is 3.73. The van der Waals surface area contributed by atoms with Crippen molar-refractivity contribution in [2.75, 3.05) is 24.3 Å². The standard InChI is InChI=1S/C20H19N3O5S/c1-14-4-7-16(8-5-14)22(11-3-10-21)19(24)13-28-20(25)15-6-9-18(29-2)17(12-15)23(26)27/h4-9,12H,3,11,13H2,1-2H3. The zero-order valence-corrected chi connectivity index (χ0v) is 16.8.